The van der Waals surface area contributed by atoms with Crippen LogP contribution in [-0.4, -0.2) is 57.3 Å². The van der Waals surface area contributed by atoms with E-state index in [2.05, 4.69) is 42.6 Å². The molecule has 4 heterocycles. The lowest BCUT2D eigenvalue weighted by molar-refractivity contribution is -0.128. The number of nitrogens with zero attached hydrogens (tertiary/aromatic N) is 6. The molecule has 0 aliphatic carbocycles. The van der Waals surface area contributed by atoms with Crippen LogP contribution in [0.5, 0.6) is 0 Å². The fourth-order valence-corrected chi connectivity index (χ4v) is 4.29. The number of amides is 1. The molecule has 0 unspecified atom stereocenters. The van der Waals surface area contributed by atoms with Crippen molar-refractivity contribution >= 4 is 28.8 Å². The summed E-state index contributed by atoms with van der Waals surface area (Å²) in [7, 11) is 0. The predicted molar refractivity (Wildman–Crippen MR) is 112 cm³/mol. The first-order valence-corrected chi connectivity index (χ1v) is 10.6. The minimum Gasteiger partial charge on any atom is -0.363 e. The third kappa shape index (κ3) is 3.92. The topological polar surface area (TPSA) is 100 Å². The second kappa shape index (κ2) is 8.25. The van der Waals surface area contributed by atoms with Crippen molar-refractivity contribution in [1.29, 1.82) is 0 Å². The third-order valence-corrected chi connectivity index (χ3v) is 5.96. The number of aromatic nitrogens is 4. The number of hydrogen-bond donors (Lipinski definition) is 1. The van der Waals surface area contributed by atoms with Gasteiger partial charge >= 0.3 is 0 Å². The summed E-state index contributed by atoms with van der Waals surface area (Å²) in [5, 5.41) is 11.1. The number of benzene rings is 1. The Morgan fingerprint density at radius 3 is 2.53 bits per heavy atom. The highest BCUT2D eigenvalue weighted by Gasteiger charge is 2.28. The maximum Gasteiger partial charge on any atom is 0.245 e. The highest BCUT2D eigenvalue weighted by atomic mass is 16.6. The molecule has 0 spiro atoms. The average Bonchev–Trinajstić information content (AvgIpc) is 3.41. The number of likely N-dealkylation sites (tertiary alicyclic amines) is 1. The minimum atomic E-state index is 0.305. The molecule has 2 aliphatic rings. The van der Waals surface area contributed by atoms with Crippen LogP contribution in [0.2, 0.25) is 0 Å². The molecule has 156 valence electrons. The Bertz CT molecular complexity index is 1010. The Morgan fingerprint density at radius 1 is 1.03 bits per heavy atom. The molecule has 0 radical (unpaired) electrons. The van der Waals surface area contributed by atoms with E-state index in [1.54, 1.807) is 0 Å². The van der Waals surface area contributed by atoms with Gasteiger partial charge in [0, 0.05) is 39.1 Å². The lowest BCUT2D eigenvalue weighted by atomic mass is 9.96. The van der Waals surface area contributed by atoms with Gasteiger partial charge in [0.15, 0.2) is 11.6 Å². The molecule has 2 saturated heterocycles. The SMILES string of the molecule is O=C1CCCN1CC1CCN(c2nc3nonc3nc2NCc2ccccc2)CC1. The van der Waals surface area contributed by atoms with Crippen molar-refractivity contribution < 1.29 is 9.42 Å². The first-order valence-electron chi connectivity index (χ1n) is 10.6. The largest absolute Gasteiger partial charge is 0.363 e. The van der Waals surface area contributed by atoms with Crippen molar-refractivity contribution in [3.05, 3.63) is 35.9 Å². The number of piperidine rings is 1. The number of carbonyl (C=O) groups is 1. The molecule has 1 amide bonds. The number of rotatable bonds is 6. The molecular weight excluding hydrogens is 382 g/mol. The fourth-order valence-electron chi connectivity index (χ4n) is 4.29. The molecule has 0 bridgehead atoms. The van der Waals surface area contributed by atoms with Crippen LogP contribution in [0.3, 0.4) is 0 Å². The molecule has 0 saturated carbocycles. The van der Waals surface area contributed by atoms with Crippen LogP contribution in [0.15, 0.2) is 35.0 Å². The molecule has 9 nitrogen and oxygen atoms in total. The van der Waals surface area contributed by atoms with Crippen LogP contribution >= 0.6 is 0 Å². The third-order valence-electron chi connectivity index (χ3n) is 5.96. The summed E-state index contributed by atoms with van der Waals surface area (Å²) in [6.45, 7) is 4.18. The second-order valence-corrected chi connectivity index (χ2v) is 8.02. The van der Waals surface area contributed by atoms with Gasteiger partial charge in [-0.05, 0) is 41.1 Å². The normalized spacial score (nSPS) is 17.8. The minimum absolute atomic E-state index is 0.305. The summed E-state index contributed by atoms with van der Waals surface area (Å²) < 4.78 is 4.82. The van der Waals surface area contributed by atoms with Crippen LogP contribution in [0, 0.1) is 5.92 Å². The van der Waals surface area contributed by atoms with E-state index < -0.39 is 0 Å². The van der Waals surface area contributed by atoms with Crippen molar-refractivity contribution in [1.82, 2.24) is 25.2 Å². The van der Waals surface area contributed by atoms with E-state index >= 15 is 0 Å². The van der Waals surface area contributed by atoms with Crippen LogP contribution in [0.1, 0.15) is 31.2 Å². The van der Waals surface area contributed by atoms with E-state index in [-0.39, 0.29) is 0 Å². The molecule has 2 aliphatic heterocycles. The molecule has 5 rings (SSSR count). The van der Waals surface area contributed by atoms with Crippen molar-refractivity contribution in [3.63, 3.8) is 0 Å². The first-order chi connectivity index (χ1) is 14.8. The summed E-state index contributed by atoms with van der Waals surface area (Å²) in [6, 6.07) is 10.2. The van der Waals surface area contributed by atoms with E-state index in [4.69, 9.17) is 4.63 Å². The molecule has 1 N–H and O–H groups in total. The molecule has 2 fully saturated rings. The van der Waals surface area contributed by atoms with Gasteiger partial charge in [-0.15, -0.1) is 0 Å². The summed E-state index contributed by atoms with van der Waals surface area (Å²) in [4.78, 5) is 25.5. The summed E-state index contributed by atoms with van der Waals surface area (Å²) in [5.41, 5.74) is 1.98. The van der Waals surface area contributed by atoms with Crippen LogP contribution in [-0.2, 0) is 11.3 Å². The van der Waals surface area contributed by atoms with Gasteiger partial charge in [-0.25, -0.2) is 14.6 Å². The zero-order valence-electron chi connectivity index (χ0n) is 16.8. The van der Waals surface area contributed by atoms with Gasteiger partial charge in [-0.3, -0.25) is 4.79 Å². The average molecular weight is 407 g/mol. The zero-order valence-corrected chi connectivity index (χ0v) is 16.8. The highest BCUT2D eigenvalue weighted by molar-refractivity contribution is 5.78. The van der Waals surface area contributed by atoms with Crippen LogP contribution < -0.4 is 10.2 Å². The first kappa shape index (κ1) is 18.8. The smallest absolute Gasteiger partial charge is 0.245 e. The van der Waals surface area contributed by atoms with Gasteiger partial charge < -0.3 is 15.1 Å². The Balaban J connectivity index is 1.30. The van der Waals surface area contributed by atoms with Gasteiger partial charge in [-0.1, -0.05) is 30.3 Å². The molecule has 1 aromatic carbocycles. The Kier molecular flexibility index (Phi) is 5.17. The monoisotopic (exact) mass is 407 g/mol. The van der Waals surface area contributed by atoms with Gasteiger partial charge in [0.2, 0.25) is 17.2 Å². The molecule has 2 aromatic heterocycles. The van der Waals surface area contributed by atoms with Gasteiger partial charge in [0.05, 0.1) is 0 Å². The van der Waals surface area contributed by atoms with Crippen molar-refractivity contribution in [2.75, 3.05) is 36.4 Å². The Hall–Kier alpha value is -3.23. The van der Waals surface area contributed by atoms with E-state index in [9.17, 15) is 4.79 Å². The molecule has 3 aromatic rings. The van der Waals surface area contributed by atoms with Crippen LogP contribution in [0.4, 0.5) is 11.6 Å². The van der Waals surface area contributed by atoms with Crippen molar-refractivity contribution in [2.45, 2.75) is 32.2 Å². The van der Waals surface area contributed by atoms with Gasteiger partial charge in [0.25, 0.3) is 0 Å². The highest BCUT2D eigenvalue weighted by Crippen LogP contribution is 2.29. The molecule has 30 heavy (non-hydrogen) atoms. The van der Waals surface area contributed by atoms with Crippen molar-refractivity contribution in [2.24, 2.45) is 5.92 Å². The van der Waals surface area contributed by atoms with E-state index in [1.807, 2.05) is 23.1 Å². The summed E-state index contributed by atoms with van der Waals surface area (Å²) in [5.74, 6) is 2.31. The number of carbonyl (C=O) groups excluding carboxylic acids is 1. The maximum absolute atomic E-state index is 11.9. The maximum atomic E-state index is 11.9. The molecule has 0 atom stereocenters. The second-order valence-electron chi connectivity index (χ2n) is 8.02. The standard InChI is InChI=1S/C21H25N7O2/c29-17-7-4-10-28(17)14-16-8-11-27(12-9-16)21-20(22-13-15-5-2-1-3-6-15)23-18-19(24-21)26-30-25-18/h1-3,5-6,16H,4,7-14H2,(H,22,23,25). The van der Waals surface area contributed by atoms with E-state index in [1.165, 1.54) is 0 Å². The predicted octanol–water partition coefficient (Wildman–Crippen LogP) is 2.46. The van der Waals surface area contributed by atoms with Gasteiger partial charge in [-0.2, -0.15) is 0 Å². The lowest BCUT2D eigenvalue weighted by Crippen LogP contribution is -2.39. The number of hydrogen-bond acceptors (Lipinski definition) is 8. The Morgan fingerprint density at radius 2 is 1.80 bits per heavy atom. The van der Waals surface area contributed by atoms with Crippen molar-refractivity contribution in [3.8, 4) is 0 Å². The van der Waals surface area contributed by atoms with Crippen LogP contribution in [0.25, 0.3) is 11.3 Å². The van der Waals surface area contributed by atoms with Gasteiger partial charge in [0.1, 0.15) is 0 Å². The zero-order chi connectivity index (χ0) is 20.3. The lowest BCUT2D eigenvalue weighted by Gasteiger charge is -2.35. The number of fused-ring (bicyclic) bond motifs is 1. The summed E-state index contributed by atoms with van der Waals surface area (Å²) >= 11 is 0. The summed E-state index contributed by atoms with van der Waals surface area (Å²) in [6.07, 6.45) is 3.75. The fraction of sp³-hybridized carbons (Fsp3) is 0.476. The van der Waals surface area contributed by atoms with E-state index in [0.717, 1.165) is 56.8 Å². The molecule has 9 heteroatoms. The Labute approximate surface area is 174 Å². The molecular formula is C21H25N7O2. The quantitative estimate of drug-likeness (QED) is 0.665. The number of nitrogens with one attached hydrogen (secondary N) is 1. The van der Waals surface area contributed by atoms with E-state index in [0.29, 0.717) is 41.9 Å². The number of anilines is 2.